The Morgan fingerprint density at radius 3 is 1.05 bits per heavy atom. The Morgan fingerprint density at radius 1 is 0.339 bits per heavy atom. The Morgan fingerprint density at radius 2 is 0.645 bits per heavy atom. The summed E-state index contributed by atoms with van der Waals surface area (Å²) in [4.78, 5) is 37.9. The van der Waals surface area contributed by atoms with E-state index in [4.69, 9.17) is 14.2 Å². The molecule has 1 unspecified atom stereocenters. The van der Waals surface area contributed by atoms with Gasteiger partial charge in [0, 0.05) is 19.3 Å². The highest BCUT2D eigenvalue weighted by molar-refractivity contribution is 5.71. The third kappa shape index (κ3) is 47.4. The molecule has 352 valence electrons. The van der Waals surface area contributed by atoms with Crippen molar-refractivity contribution >= 4 is 17.9 Å². The van der Waals surface area contributed by atoms with E-state index in [-0.39, 0.29) is 37.5 Å². The summed E-state index contributed by atoms with van der Waals surface area (Å²) in [5, 5.41) is 0. The topological polar surface area (TPSA) is 78.9 Å². The zero-order valence-corrected chi connectivity index (χ0v) is 40.1. The van der Waals surface area contributed by atoms with Gasteiger partial charge >= 0.3 is 17.9 Å². The first-order chi connectivity index (χ1) is 30.5. The molecule has 0 heterocycles. The Kier molecular flexibility index (Phi) is 47.0. The van der Waals surface area contributed by atoms with Crippen LogP contribution in [0.25, 0.3) is 0 Å². The van der Waals surface area contributed by atoms with Crippen LogP contribution in [0.5, 0.6) is 0 Å². The van der Waals surface area contributed by atoms with E-state index >= 15 is 0 Å². The van der Waals surface area contributed by atoms with Crippen molar-refractivity contribution in [2.45, 2.75) is 226 Å². The zero-order valence-electron chi connectivity index (χ0n) is 40.1. The highest BCUT2D eigenvalue weighted by Crippen LogP contribution is 2.15. The van der Waals surface area contributed by atoms with E-state index in [1.54, 1.807) is 0 Å². The molecular formula is C56H92O6. The number of allylic oxidation sites excluding steroid dienone is 16. The van der Waals surface area contributed by atoms with Crippen molar-refractivity contribution in [2.75, 3.05) is 13.2 Å². The van der Waals surface area contributed by atoms with Gasteiger partial charge in [0.05, 0.1) is 0 Å². The van der Waals surface area contributed by atoms with Crippen molar-refractivity contribution in [2.24, 2.45) is 0 Å². The zero-order chi connectivity index (χ0) is 45.1. The van der Waals surface area contributed by atoms with Gasteiger partial charge in [0.15, 0.2) is 6.10 Å². The summed E-state index contributed by atoms with van der Waals surface area (Å²) in [5.41, 5.74) is 0. The molecule has 0 bridgehead atoms. The minimum atomic E-state index is -0.811. The van der Waals surface area contributed by atoms with E-state index < -0.39 is 6.10 Å². The Balaban J connectivity index is 4.48. The largest absolute Gasteiger partial charge is 0.462 e. The van der Waals surface area contributed by atoms with Crippen LogP contribution in [0.2, 0.25) is 0 Å². The molecule has 0 fully saturated rings. The molecule has 6 heteroatoms. The van der Waals surface area contributed by atoms with E-state index in [1.807, 2.05) is 54.7 Å². The number of carbonyl (C=O) groups is 3. The molecule has 62 heavy (non-hydrogen) atoms. The molecule has 0 N–H and O–H groups in total. The maximum absolute atomic E-state index is 12.8. The number of unbranched alkanes of at least 4 members (excludes halogenated alkanes) is 23. The highest BCUT2D eigenvalue weighted by atomic mass is 16.6. The van der Waals surface area contributed by atoms with Crippen molar-refractivity contribution in [3.05, 3.63) is 97.2 Å². The molecular weight excluding hydrogens is 769 g/mol. The first-order valence-corrected chi connectivity index (χ1v) is 25.3. The van der Waals surface area contributed by atoms with Gasteiger partial charge < -0.3 is 14.2 Å². The quantitative estimate of drug-likeness (QED) is 0.0263. The van der Waals surface area contributed by atoms with Crippen molar-refractivity contribution in [3.8, 4) is 0 Å². The molecule has 0 radical (unpaired) electrons. The van der Waals surface area contributed by atoms with Crippen LogP contribution in [-0.4, -0.2) is 37.2 Å². The molecule has 6 nitrogen and oxygen atoms in total. The van der Waals surface area contributed by atoms with Crippen LogP contribution < -0.4 is 0 Å². The maximum atomic E-state index is 12.8. The van der Waals surface area contributed by atoms with Gasteiger partial charge in [-0.2, -0.15) is 0 Å². The first-order valence-electron chi connectivity index (χ1n) is 25.3. The lowest BCUT2D eigenvalue weighted by Gasteiger charge is -2.18. The molecule has 0 rings (SSSR count). The SMILES string of the molecule is CC\C=C/C=C\C=C/C=C\C=C/CCCC(=O)OCC(COC(=O)CCCCCCCCCCCCCCCCCC)OC(=O)CCCCCCCCC\C=C/C=C\C=C/CC. The molecule has 0 aliphatic carbocycles. The molecule has 0 amide bonds. The summed E-state index contributed by atoms with van der Waals surface area (Å²) in [5.74, 6) is -0.996. The maximum Gasteiger partial charge on any atom is 0.306 e. The van der Waals surface area contributed by atoms with Crippen LogP contribution in [0.15, 0.2) is 97.2 Å². The predicted molar refractivity (Wildman–Crippen MR) is 265 cm³/mol. The summed E-state index contributed by atoms with van der Waals surface area (Å²) in [6, 6.07) is 0. The normalized spacial score (nSPS) is 12.9. The Hall–Kier alpha value is -3.67. The average molecular weight is 861 g/mol. The molecule has 0 aromatic heterocycles. The standard InChI is InChI=1S/C56H92O6/c1-4-7-10-13-16-19-22-25-27-29-31-34-37-40-43-46-49-55(58)61-52-53(51-60-54(57)48-45-42-39-36-33-30-24-21-18-15-12-9-6-3)62-56(59)50-47-44-41-38-35-32-28-26-23-20-17-14-11-8-5-2/h8-9,11-12,14-15,17-18,20-21,23-24,30,33,36,39,53H,4-7,10,13,16,19,22,25-29,31-32,34-35,37-38,40-52H2,1-3H3/b11-8-,12-9-,17-14-,18-15-,23-20-,24-21-,33-30-,39-36-. The van der Waals surface area contributed by atoms with Crippen LogP contribution in [0.4, 0.5) is 0 Å². The minimum Gasteiger partial charge on any atom is -0.462 e. The predicted octanol–water partition coefficient (Wildman–Crippen LogP) is 16.6. The smallest absolute Gasteiger partial charge is 0.306 e. The average Bonchev–Trinajstić information content (AvgIpc) is 3.27. The number of carbonyl (C=O) groups excluding carboxylic acids is 3. The molecule has 1 atom stereocenters. The van der Waals surface area contributed by atoms with Crippen molar-refractivity contribution in [3.63, 3.8) is 0 Å². The van der Waals surface area contributed by atoms with E-state index in [9.17, 15) is 14.4 Å². The second-order valence-corrected chi connectivity index (χ2v) is 16.5. The molecule has 0 saturated carbocycles. The van der Waals surface area contributed by atoms with Crippen molar-refractivity contribution in [1.29, 1.82) is 0 Å². The third-order valence-electron chi connectivity index (χ3n) is 10.5. The van der Waals surface area contributed by atoms with Gasteiger partial charge in [-0.15, -0.1) is 0 Å². The van der Waals surface area contributed by atoms with E-state index in [0.717, 1.165) is 70.6 Å². The summed E-state index contributed by atoms with van der Waals surface area (Å²) < 4.78 is 16.7. The van der Waals surface area contributed by atoms with Crippen molar-refractivity contribution < 1.29 is 28.6 Å². The van der Waals surface area contributed by atoms with Gasteiger partial charge in [-0.25, -0.2) is 0 Å². The van der Waals surface area contributed by atoms with Gasteiger partial charge in [-0.05, 0) is 51.4 Å². The van der Waals surface area contributed by atoms with E-state index in [0.29, 0.717) is 19.3 Å². The summed E-state index contributed by atoms with van der Waals surface area (Å²) in [7, 11) is 0. The second-order valence-electron chi connectivity index (χ2n) is 16.5. The number of hydrogen-bond donors (Lipinski definition) is 0. The van der Waals surface area contributed by atoms with Gasteiger partial charge in [-0.3, -0.25) is 14.4 Å². The Labute approximate surface area is 381 Å². The van der Waals surface area contributed by atoms with E-state index in [1.165, 1.54) is 103 Å². The third-order valence-corrected chi connectivity index (χ3v) is 10.5. The highest BCUT2D eigenvalue weighted by Gasteiger charge is 2.19. The second kappa shape index (κ2) is 50.0. The number of esters is 3. The summed E-state index contributed by atoms with van der Waals surface area (Å²) in [6.07, 6.45) is 65.4. The van der Waals surface area contributed by atoms with E-state index in [2.05, 4.69) is 63.3 Å². The lowest BCUT2D eigenvalue weighted by molar-refractivity contribution is -0.167. The molecule has 0 aromatic carbocycles. The van der Waals surface area contributed by atoms with Crippen LogP contribution in [0.3, 0.4) is 0 Å². The fraction of sp³-hybridized carbons (Fsp3) is 0.661. The fourth-order valence-corrected chi connectivity index (χ4v) is 6.77. The molecule has 0 spiro atoms. The van der Waals surface area contributed by atoms with Gasteiger partial charge in [0.25, 0.3) is 0 Å². The molecule has 0 aliphatic rings. The van der Waals surface area contributed by atoms with Crippen LogP contribution in [-0.2, 0) is 28.6 Å². The first kappa shape index (κ1) is 58.3. The van der Waals surface area contributed by atoms with Crippen LogP contribution in [0, 0.1) is 0 Å². The summed E-state index contributed by atoms with van der Waals surface area (Å²) in [6.45, 7) is 6.29. The Bertz CT molecular complexity index is 1260. The summed E-state index contributed by atoms with van der Waals surface area (Å²) >= 11 is 0. The van der Waals surface area contributed by atoms with Crippen molar-refractivity contribution in [1.82, 2.24) is 0 Å². The number of hydrogen-bond acceptors (Lipinski definition) is 6. The lowest BCUT2D eigenvalue weighted by Crippen LogP contribution is -2.30. The minimum absolute atomic E-state index is 0.104. The lowest BCUT2D eigenvalue weighted by atomic mass is 10.0. The van der Waals surface area contributed by atoms with Gasteiger partial charge in [0.2, 0.25) is 0 Å². The number of ether oxygens (including phenoxy) is 3. The van der Waals surface area contributed by atoms with Crippen LogP contribution in [0.1, 0.15) is 220 Å². The molecule has 0 aromatic rings. The molecule has 0 aliphatic heterocycles. The fourth-order valence-electron chi connectivity index (χ4n) is 6.77. The molecule has 0 saturated heterocycles. The van der Waals surface area contributed by atoms with Crippen LogP contribution >= 0.6 is 0 Å². The monoisotopic (exact) mass is 861 g/mol. The van der Waals surface area contributed by atoms with Gasteiger partial charge in [0.1, 0.15) is 13.2 Å². The van der Waals surface area contributed by atoms with Gasteiger partial charge in [-0.1, -0.05) is 246 Å². The number of rotatable bonds is 44.